The lowest BCUT2D eigenvalue weighted by molar-refractivity contribution is -0.0838. The lowest BCUT2D eigenvalue weighted by Gasteiger charge is -2.43. The van der Waals surface area contributed by atoms with E-state index in [1.165, 1.54) is 12.5 Å². The van der Waals surface area contributed by atoms with Crippen molar-refractivity contribution in [3.05, 3.63) is 34.1 Å². The minimum absolute atomic E-state index is 0.00622. The van der Waals surface area contributed by atoms with Crippen molar-refractivity contribution >= 4 is 15.9 Å². The maximum absolute atomic E-state index is 13.4. The van der Waals surface area contributed by atoms with E-state index in [4.69, 9.17) is 4.74 Å². The van der Waals surface area contributed by atoms with E-state index in [-0.39, 0.29) is 17.5 Å². The second kappa shape index (κ2) is 7.01. The number of ether oxygens (including phenoxy) is 1. The Bertz CT molecular complexity index is 443. The average Bonchev–Trinajstić information content (AvgIpc) is 2.41. The van der Waals surface area contributed by atoms with E-state index in [1.807, 2.05) is 12.1 Å². The first kappa shape index (κ1) is 15.9. The predicted molar refractivity (Wildman–Crippen MR) is 83.3 cm³/mol. The van der Waals surface area contributed by atoms with Gasteiger partial charge < -0.3 is 10.1 Å². The van der Waals surface area contributed by atoms with Gasteiger partial charge in [0.05, 0.1) is 10.1 Å². The summed E-state index contributed by atoms with van der Waals surface area (Å²) in [4.78, 5) is 0. The van der Waals surface area contributed by atoms with Crippen molar-refractivity contribution in [2.45, 2.75) is 50.7 Å². The van der Waals surface area contributed by atoms with Crippen LogP contribution in [0.4, 0.5) is 4.39 Å². The zero-order valence-electron chi connectivity index (χ0n) is 12.2. The van der Waals surface area contributed by atoms with Crippen molar-refractivity contribution in [1.82, 2.24) is 5.32 Å². The van der Waals surface area contributed by atoms with Crippen LogP contribution in [0.5, 0.6) is 0 Å². The van der Waals surface area contributed by atoms with Crippen LogP contribution in [0, 0.1) is 5.82 Å². The van der Waals surface area contributed by atoms with Gasteiger partial charge in [-0.25, -0.2) is 4.39 Å². The molecule has 1 atom stereocenters. The Morgan fingerprint density at radius 3 is 2.70 bits per heavy atom. The van der Waals surface area contributed by atoms with Gasteiger partial charge in [0.2, 0.25) is 0 Å². The molecule has 20 heavy (non-hydrogen) atoms. The molecule has 0 heterocycles. The molecule has 1 aliphatic rings. The minimum atomic E-state index is -0.215. The predicted octanol–water partition coefficient (Wildman–Crippen LogP) is 4.59. The molecule has 112 valence electrons. The van der Waals surface area contributed by atoms with Crippen LogP contribution in [0.1, 0.15) is 50.6 Å². The monoisotopic (exact) mass is 343 g/mol. The Balaban J connectivity index is 2.15. The Morgan fingerprint density at radius 1 is 1.45 bits per heavy atom. The van der Waals surface area contributed by atoms with Crippen LogP contribution in [-0.4, -0.2) is 19.3 Å². The fourth-order valence-electron chi connectivity index (χ4n) is 2.79. The summed E-state index contributed by atoms with van der Waals surface area (Å²) in [6.07, 6.45) is 5.51. The summed E-state index contributed by atoms with van der Waals surface area (Å²) in [6.45, 7) is 3.11. The second-order valence-electron chi connectivity index (χ2n) is 5.63. The third-order valence-electron chi connectivity index (χ3n) is 4.26. The van der Waals surface area contributed by atoms with Crippen molar-refractivity contribution in [3.8, 4) is 0 Å². The van der Waals surface area contributed by atoms with Crippen LogP contribution in [0.25, 0.3) is 0 Å². The van der Waals surface area contributed by atoms with Gasteiger partial charge in [-0.1, -0.05) is 13.0 Å². The quantitative estimate of drug-likeness (QED) is 0.781. The van der Waals surface area contributed by atoms with Crippen molar-refractivity contribution in [3.63, 3.8) is 0 Å². The molecule has 0 bridgehead atoms. The molecule has 1 N–H and O–H groups in total. The van der Waals surface area contributed by atoms with Crippen LogP contribution in [-0.2, 0) is 4.74 Å². The summed E-state index contributed by atoms with van der Waals surface area (Å²) >= 11 is 3.28. The highest BCUT2D eigenvalue weighted by Gasteiger charge is 2.39. The van der Waals surface area contributed by atoms with E-state index in [1.54, 1.807) is 7.11 Å². The first-order valence-corrected chi connectivity index (χ1v) is 8.13. The van der Waals surface area contributed by atoms with Gasteiger partial charge in [0.1, 0.15) is 5.82 Å². The topological polar surface area (TPSA) is 21.3 Å². The van der Waals surface area contributed by atoms with Crippen LogP contribution < -0.4 is 5.32 Å². The number of benzene rings is 1. The number of hydrogen-bond acceptors (Lipinski definition) is 2. The third-order valence-corrected chi connectivity index (χ3v) is 4.87. The number of hydrogen-bond donors (Lipinski definition) is 1. The Morgan fingerprint density at radius 2 is 2.20 bits per heavy atom. The lowest BCUT2D eigenvalue weighted by atomic mass is 9.74. The van der Waals surface area contributed by atoms with Gasteiger partial charge in [-0.3, -0.25) is 0 Å². The highest BCUT2D eigenvalue weighted by atomic mass is 79.9. The fraction of sp³-hybridized carbons (Fsp3) is 0.625. The molecule has 1 aromatic carbocycles. The zero-order valence-corrected chi connectivity index (χ0v) is 13.8. The highest BCUT2D eigenvalue weighted by molar-refractivity contribution is 9.10. The van der Waals surface area contributed by atoms with Gasteiger partial charge in [-0.05, 0) is 72.3 Å². The van der Waals surface area contributed by atoms with E-state index in [9.17, 15) is 4.39 Å². The van der Waals surface area contributed by atoms with Gasteiger partial charge in [0.25, 0.3) is 0 Å². The Labute approximate surface area is 129 Å². The molecule has 1 unspecified atom stereocenters. The van der Waals surface area contributed by atoms with E-state index < -0.39 is 0 Å². The third kappa shape index (κ3) is 3.60. The normalized spacial score (nSPS) is 18.6. The Hall–Kier alpha value is -0.450. The lowest BCUT2D eigenvalue weighted by Crippen LogP contribution is -2.43. The summed E-state index contributed by atoms with van der Waals surface area (Å²) in [5.41, 5.74) is 1.13. The van der Waals surface area contributed by atoms with Crippen LogP contribution in [0.15, 0.2) is 22.7 Å². The summed E-state index contributed by atoms with van der Waals surface area (Å²) in [7, 11) is 1.80. The molecule has 0 aromatic heterocycles. The fourth-order valence-corrected chi connectivity index (χ4v) is 3.19. The van der Waals surface area contributed by atoms with Gasteiger partial charge in [0.15, 0.2) is 0 Å². The summed E-state index contributed by atoms with van der Waals surface area (Å²) in [5, 5.41) is 3.57. The molecule has 2 nitrogen and oxygen atoms in total. The molecular weight excluding hydrogens is 321 g/mol. The molecule has 1 aliphatic carbocycles. The molecule has 0 aliphatic heterocycles. The van der Waals surface area contributed by atoms with E-state index in [2.05, 4.69) is 28.2 Å². The molecule has 0 saturated heterocycles. The van der Waals surface area contributed by atoms with E-state index >= 15 is 0 Å². The molecule has 0 amide bonds. The highest BCUT2D eigenvalue weighted by Crippen LogP contribution is 2.42. The summed E-state index contributed by atoms with van der Waals surface area (Å²) in [6, 6.07) is 5.49. The zero-order chi connectivity index (χ0) is 14.6. The molecular formula is C16H23BrFNO. The van der Waals surface area contributed by atoms with E-state index in [0.717, 1.165) is 37.8 Å². The molecule has 4 heteroatoms. The van der Waals surface area contributed by atoms with Crippen LogP contribution in [0.3, 0.4) is 0 Å². The molecule has 1 saturated carbocycles. The molecule has 1 aromatic rings. The smallest absolute Gasteiger partial charge is 0.137 e. The largest absolute Gasteiger partial charge is 0.378 e. The average molecular weight is 344 g/mol. The van der Waals surface area contributed by atoms with Gasteiger partial charge in [-0.15, -0.1) is 0 Å². The van der Waals surface area contributed by atoms with Crippen molar-refractivity contribution in [2.24, 2.45) is 0 Å². The molecule has 0 spiro atoms. The number of nitrogens with one attached hydrogen (secondary N) is 1. The van der Waals surface area contributed by atoms with Crippen molar-refractivity contribution < 1.29 is 9.13 Å². The first-order chi connectivity index (χ1) is 9.60. The van der Waals surface area contributed by atoms with Crippen molar-refractivity contribution in [1.29, 1.82) is 0 Å². The Kier molecular flexibility index (Phi) is 5.58. The van der Waals surface area contributed by atoms with Crippen LogP contribution >= 0.6 is 15.9 Å². The molecule has 2 rings (SSSR count). The summed E-state index contributed by atoms with van der Waals surface area (Å²) in [5.74, 6) is -0.215. The van der Waals surface area contributed by atoms with Gasteiger partial charge in [-0.2, -0.15) is 0 Å². The number of rotatable bonds is 7. The van der Waals surface area contributed by atoms with Crippen LogP contribution in [0.2, 0.25) is 0 Å². The van der Waals surface area contributed by atoms with Gasteiger partial charge in [0, 0.05) is 13.2 Å². The van der Waals surface area contributed by atoms with Crippen molar-refractivity contribution in [2.75, 3.05) is 13.7 Å². The SMILES string of the molecule is CCCNC(CC1(OC)CCC1)c1ccc(F)c(Br)c1. The number of methoxy groups -OCH3 is 1. The summed E-state index contributed by atoms with van der Waals surface area (Å²) < 4.78 is 19.7. The van der Waals surface area contributed by atoms with Gasteiger partial charge >= 0.3 is 0 Å². The maximum Gasteiger partial charge on any atom is 0.137 e. The second-order valence-corrected chi connectivity index (χ2v) is 6.48. The maximum atomic E-state index is 13.4. The molecule has 1 fully saturated rings. The van der Waals surface area contributed by atoms with E-state index in [0.29, 0.717) is 4.47 Å². The molecule has 0 radical (unpaired) electrons. The number of halogens is 2. The first-order valence-electron chi connectivity index (χ1n) is 7.34. The minimum Gasteiger partial charge on any atom is -0.378 e. The standard InChI is InChI=1S/C16H23BrFNO/c1-3-9-19-15(11-16(20-2)7-4-8-16)12-5-6-14(18)13(17)10-12/h5-6,10,15,19H,3-4,7-9,11H2,1-2H3.